The van der Waals surface area contributed by atoms with E-state index < -0.39 is 15.6 Å². The van der Waals surface area contributed by atoms with Crippen molar-refractivity contribution >= 4 is 27.2 Å². The lowest BCUT2D eigenvalue weighted by atomic mass is 10.3. The van der Waals surface area contributed by atoms with Gasteiger partial charge in [0.2, 0.25) is 5.28 Å². The maximum absolute atomic E-state index is 11.5. The number of hydrogen-bond acceptors (Lipinski definition) is 4. The molecule has 15 heavy (non-hydrogen) atoms. The third-order valence-corrected chi connectivity index (χ3v) is 2.12. The summed E-state index contributed by atoms with van der Waals surface area (Å²) in [5, 5.41) is -0.0211. The summed E-state index contributed by atoms with van der Waals surface area (Å²) in [6.07, 6.45) is 2.75. The number of aromatic nitrogens is 2. The summed E-state index contributed by atoms with van der Waals surface area (Å²) in [6.45, 7) is 1.68. The summed E-state index contributed by atoms with van der Waals surface area (Å²) in [5.41, 5.74) is 0.621. The molecule has 0 aliphatic rings. The van der Waals surface area contributed by atoms with E-state index in [-0.39, 0.29) is 11.0 Å². The molecule has 82 valence electrons. The zero-order valence-corrected chi connectivity index (χ0v) is 10.1. The molecule has 1 aromatic rings. The maximum Gasteiger partial charge on any atom is 0.303 e. The van der Waals surface area contributed by atoms with Crippen LogP contribution >= 0.6 is 11.6 Å². The van der Waals surface area contributed by atoms with Crippen molar-refractivity contribution in [3.63, 3.8) is 0 Å². The fourth-order valence-corrected chi connectivity index (χ4v) is 1.61. The molecule has 0 saturated heterocycles. The van der Waals surface area contributed by atoms with Gasteiger partial charge in [-0.25, -0.2) is 14.2 Å². The second-order valence-corrected chi connectivity index (χ2v) is 6.12. The van der Waals surface area contributed by atoms with E-state index in [0.717, 1.165) is 0 Å². The second-order valence-electron chi connectivity index (χ2n) is 3.24. The molecule has 0 N–H and O–H groups in total. The van der Waals surface area contributed by atoms with Crippen LogP contribution in [0.1, 0.15) is 16.2 Å². The molecule has 0 fully saturated rings. The van der Waals surface area contributed by atoms with Gasteiger partial charge in [0, 0.05) is 27.9 Å². The lowest BCUT2D eigenvalue weighted by Gasteiger charge is -1.98. The Morgan fingerprint density at radius 3 is 2.53 bits per heavy atom. The van der Waals surface area contributed by atoms with Gasteiger partial charge in [0.15, 0.2) is 0 Å². The van der Waals surface area contributed by atoms with Crippen LogP contribution in [0.4, 0.5) is 0 Å². The Bertz CT molecular complexity index is 492. The summed E-state index contributed by atoms with van der Waals surface area (Å²) in [7, 11) is -2.48. The molecule has 0 bridgehead atoms. The number of rotatable bonds is 1. The topological polar surface area (TPSA) is 72.3 Å². The van der Waals surface area contributed by atoms with Crippen LogP contribution in [0.2, 0.25) is 5.28 Å². The SMILES string of the molecule is Cc1cc(C(=O)N=S(C)(C)=O)nc(Cl)n1. The van der Waals surface area contributed by atoms with Gasteiger partial charge in [0.1, 0.15) is 5.69 Å². The lowest BCUT2D eigenvalue weighted by molar-refractivity contribution is 0.1000. The molecule has 0 aliphatic heterocycles. The van der Waals surface area contributed by atoms with Crippen molar-refractivity contribution in [2.24, 2.45) is 4.36 Å². The number of halogens is 1. The summed E-state index contributed by atoms with van der Waals surface area (Å²) in [6, 6.07) is 1.45. The van der Waals surface area contributed by atoms with Gasteiger partial charge in [-0.3, -0.25) is 4.79 Å². The number of amides is 1. The van der Waals surface area contributed by atoms with E-state index in [4.69, 9.17) is 11.6 Å². The fraction of sp³-hybridized carbons (Fsp3) is 0.375. The van der Waals surface area contributed by atoms with Crippen molar-refractivity contribution in [2.45, 2.75) is 6.92 Å². The van der Waals surface area contributed by atoms with Gasteiger partial charge < -0.3 is 0 Å². The molecule has 0 atom stereocenters. The van der Waals surface area contributed by atoms with E-state index in [1.165, 1.54) is 18.6 Å². The average Bonchev–Trinajstić information content (AvgIpc) is 1.98. The molecule has 1 amide bonds. The smallest absolute Gasteiger partial charge is 0.264 e. The minimum absolute atomic E-state index is 0.0211. The van der Waals surface area contributed by atoms with Crippen LogP contribution < -0.4 is 0 Å². The number of hydrogen-bond donors (Lipinski definition) is 0. The van der Waals surface area contributed by atoms with Crippen LogP contribution in [0.15, 0.2) is 10.4 Å². The third kappa shape index (κ3) is 3.93. The van der Waals surface area contributed by atoms with E-state index in [1.54, 1.807) is 6.92 Å². The van der Waals surface area contributed by atoms with Crippen molar-refractivity contribution < 1.29 is 9.00 Å². The predicted octanol–water partition coefficient (Wildman–Crippen LogP) is 1.31. The van der Waals surface area contributed by atoms with Crippen LogP contribution in [0.5, 0.6) is 0 Å². The monoisotopic (exact) mass is 247 g/mol. The predicted molar refractivity (Wildman–Crippen MR) is 58.5 cm³/mol. The normalized spacial score (nSPS) is 11.2. The Kier molecular flexibility index (Phi) is 3.41. The minimum Gasteiger partial charge on any atom is -0.264 e. The number of aryl methyl sites for hydroxylation is 1. The standard InChI is InChI=1S/C8H10ClN3O2S/c1-5-4-6(11-8(9)10-5)7(13)12-15(2,3)14/h4H,1-3H3. The van der Waals surface area contributed by atoms with Gasteiger partial charge in [-0.15, -0.1) is 0 Å². The van der Waals surface area contributed by atoms with Crippen LogP contribution in [0, 0.1) is 6.92 Å². The summed E-state index contributed by atoms with van der Waals surface area (Å²) in [5.74, 6) is -0.641. The highest BCUT2D eigenvalue weighted by Crippen LogP contribution is 2.07. The average molecular weight is 248 g/mol. The van der Waals surface area contributed by atoms with Gasteiger partial charge in [-0.2, -0.15) is 4.36 Å². The Hall–Kier alpha value is -1.01. The van der Waals surface area contributed by atoms with Gasteiger partial charge >= 0.3 is 5.91 Å². The first-order valence-electron chi connectivity index (χ1n) is 4.00. The molecular formula is C8H10ClN3O2S. The molecule has 0 aliphatic carbocycles. The number of carbonyl (C=O) groups is 1. The zero-order valence-electron chi connectivity index (χ0n) is 8.52. The molecule has 5 nitrogen and oxygen atoms in total. The Morgan fingerprint density at radius 1 is 1.47 bits per heavy atom. The highest BCUT2D eigenvalue weighted by molar-refractivity contribution is 7.92. The number of nitrogens with zero attached hydrogens (tertiary/aromatic N) is 3. The highest BCUT2D eigenvalue weighted by atomic mass is 35.5. The van der Waals surface area contributed by atoms with Gasteiger partial charge in [0.25, 0.3) is 0 Å². The quantitative estimate of drug-likeness (QED) is 0.702. The first-order chi connectivity index (χ1) is 6.78. The third-order valence-electron chi connectivity index (χ3n) is 1.35. The molecule has 7 heteroatoms. The van der Waals surface area contributed by atoms with Crippen molar-refractivity contribution in [1.82, 2.24) is 9.97 Å². The first-order valence-corrected chi connectivity index (χ1v) is 6.71. The van der Waals surface area contributed by atoms with Crippen molar-refractivity contribution in [2.75, 3.05) is 12.5 Å². The van der Waals surface area contributed by atoms with Crippen LogP contribution in [0.3, 0.4) is 0 Å². The van der Waals surface area contributed by atoms with Crippen molar-refractivity contribution in [1.29, 1.82) is 0 Å². The van der Waals surface area contributed by atoms with Crippen molar-refractivity contribution in [3.05, 3.63) is 22.7 Å². The van der Waals surface area contributed by atoms with E-state index in [0.29, 0.717) is 5.69 Å². The molecule has 1 aromatic heterocycles. The van der Waals surface area contributed by atoms with Crippen molar-refractivity contribution in [3.8, 4) is 0 Å². The summed E-state index contributed by atoms with van der Waals surface area (Å²) >= 11 is 5.58. The molecular weight excluding hydrogens is 238 g/mol. The molecule has 1 rings (SSSR count). The largest absolute Gasteiger partial charge is 0.303 e. The summed E-state index contributed by atoms with van der Waals surface area (Å²) in [4.78, 5) is 19.0. The van der Waals surface area contributed by atoms with Crippen LogP contribution in [-0.2, 0) is 9.73 Å². The minimum atomic E-state index is -2.48. The zero-order chi connectivity index (χ0) is 11.6. The van der Waals surface area contributed by atoms with Gasteiger partial charge in [-0.05, 0) is 24.6 Å². The Balaban J connectivity index is 3.19. The highest BCUT2D eigenvalue weighted by Gasteiger charge is 2.09. The van der Waals surface area contributed by atoms with Crippen LogP contribution in [-0.4, -0.2) is 32.6 Å². The molecule has 0 aromatic carbocycles. The fourth-order valence-electron chi connectivity index (χ4n) is 0.888. The number of carbonyl (C=O) groups excluding carboxylic acids is 1. The Labute approximate surface area is 93.1 Å². The van der Waals surface area contributed by atoms with Crippen LogP contribution in [0.25, 0.3) is 0 Å². The molecule has 0 unspecified atom stereocenters. The maximum atomic E-state index is 11.5. The lowest BCUT2D eigenvalue weighted by Crippen LogP contribution is -2.05. The summed E-state index contributed by atoms with van der Waals surface area (Å²) < 4.78 is 14.8. The molecule has 1 heterocycles. The van der Waals surface area contributed by atoms with E-state index in [1.807, 2.05) is 0 Å². The first kappa shape index (κ1) is 12.1. The van der Waals surface area contributed by atoms with Gasteiger partial charge in [-0.1, -0.05) is 0 Å². The Morgan fingerprint density at radius 2 is 2.07 bits per heavy atom. The van der Waals surface area contributed by atoms with E-state index >= 15 is 0 Å². The van der Waals surface area contributed by atoms with E-state index in [2.05, 4.69) is 14.3 Å². The second kappa shape index (κ2) is 4.24. The molecule has 0 spiro atoms. The van der Waals surface area contributed by atoms with Gasteiger partial charge in [0.05, 0.1) is 0 Å². The molecule has 0 saturated carbocycles. The van der Waals surface area contributed by atoms with E-state index in [9.17, 15) is 9.00 Å². The molecule has 0 radical (unpaired) electrons.